The van der Waals surface area contributed by atoms with Gasteiger partial charge in [-0.25, -0.2) is 9.97 Å². The van der Waals surface area contributed by atoms with E-state index in [0.717, 1.165) is 17.1 Å². The Hall–Kier alpha value is -2.99. The summed E-state index contributed by atoms with van der Waals surface area (Å²) in [5.74, 6) is 3.31. The van der Waals surface area contributed by atoms with Crippen LogP contribution in [0.3, 0.4) is 0 Å². The maximum atomic E-state index is 6.03. The molecule has 134 valence electrons. The lowest BCUT2D eigenvalue weighted by atomic mass is 10.2. The van der Waals surface area contributed by atoms with E-state index >= 15 is 0 Å². The number of aromatic nitrogens is 2. The highest BCUT2D eigenvalue weighted by atomic mass is 35.5. The van der Waals surface area contributed by atoms with Crippen molar-refractivity contribution in [1.29, 1.82) is 0 Å². The third kappa shape index (κ3) is 4.34. The number of methoxy groups -OCH3 is 2. The van der Waals surface area contributed by atoms with Gasteiger partial charge >= 0.3 is 0 Å². The number of ether oxygens (including phenoxy) is 2. The molecule has 0 spiro atoms. The first-order valence-electron chi connectivity index (χ1n) is 7.94. The summed E-state index contributed by atoms with van der Waals surface area (Å²) in [6.45, 7) is 1.83. The first kappa shape index (κ1) is 17.8. The summed E-state index contributed by atoms with van der Waals surface area (Å²) in [4.78, 5) is 8.85. The van der Waals surface area contributed by atoms with Gasteiger partial charge in [0.15, 0.2) is 0 Å². The van der Waals surface area contributed by atoms with Crippen LogP contribution in [0.15, 0.2) is 48.5 Å². The second kappa shape index (κ2) is 7.93. The second-order valence-electron chi connectivity index (χ2n) is 5.51. The molecule has 1 aromatic heterocycles. The third-order valence-electron chi connectivity index (χ3n) is 3.61. The zero-order valence-corrected chi connectivity index (χ0v) is 15.5. The van der Waals surface area contributed by atoms with Crippen LogP contribution in [0.5, 0.6) is 11.5 Å². The van der Waals surface area contributed by atoms with Crippen molar-refractivity contribution in [3.63, 3.8) is 0 Å². The van der Waals surface area contributed by atoms with Gasteiger partial charge in [-0.1, -0.05) is 17.7 Å². The van der Waals surface area contributed by atoms with Crippen molar-refractivity contribution < 1.29 is 9.47 Å². The summed E-state index contributed by atoms with van der Waals surface area (Å²) in [5.41, 5.74) is 1.63. The summed E-state index contributed by atoms with van der Waals surface area (Å²) in [5, 5.41) is 7.14. The number of hydrogen-bond acceptors (Lipinski definition) is 6. The summed E-state index contributed by atoms with van der Waals surface area (Å²) >= 11 is 6.03. The molecule has 0 fully saturated rings. The molecule has 0 aliphatic heterocycles. The smallest absolute Gasteiger partial charge is 0.146 e. The summed E-state index contributed by atoms with van der Waals surface area (Å²) in [7, 11) is 3.22. The number of benzene rings is 2. The maximum absolute atomic E-state index is 6.03. The van der Waals surface area contributed by atoms with Gasteiger partial charge in [0, 0.05) is 22.8 Å². The van der Waals surface area contributed by atoms with Gasteiger partial charge in [0.1, 0.15) is 29.0 Å². The topological polar surface area (TPSA) is 68.3 Å². The highest BCUT2D eigenvalue weighted by Gasteiger charge is 2.08. The van der Waals surface area contributed by atoms with Crippen LogP contribution in [0.4, 0.5) is 23.0 Å². The van der Waals surface area contributed by atoms with Crippen molar-refractivity contribution in [2.24, 2.45) is 0 Å². The lowest BCUT2D eigenvalue weighted by molar-refractivity contribution is 0.395. The molecule has 7 heteroatoms. The number of anilines is 4. The van der Waals surface area contributed by atoms with Gasteiger partial charge in [0.05, 0.1) is 19.9 Å². The van der Waals surface area contributed by atoms with Crippen molar-refractivity contribution in [3.8, 4) is 11.5 Å². The monoisotopic (exact) mass is 370 g/mol. The molecule has 0 unspecified atom stereocenters. The highest BCUT2D eigenvalue weighted by Crippen LogP contribution is 2.31. The van der Waals surface area contributed by atoms with Gasteiger partial charge in [-0.05, 0) is 37.3 Å². The summed E-state index contributed by atoms with van der Waals surface area (Å²) in [6.07, 6.45) is 0. The van der Waals surface area contributed by atoms with Gasteiger partial charge in [0.2, 0.25) is 0 Å². The van der Waals surface area contributed by atoms with Crippen molar-refractivity contribution in [2.75, 3.05) is 24.9 Å². The number of nitrogens with one attached hydrogen (secondary N) is 2. The Kier molecular flexibility index (Phi) is 5.43. The molecular weight excluding hydrogens is 352 g/mol. The highest BCUT2D eigenvalue weighted by molar-refractivity contribution is 6.30. The van der Waals surface area contributed by atoms with Gasteiger partial charge in [-0.15, -0.1) is 0 Å². The molecule has 26 heavy (non-hydrogen) atoms. The number of halogens is 1. The molecule has 1 heterocycles. The van der Waals surface area contributed by atoms with Crippen LogP contribution in [-0.4, -0.2) is 24.2 Å². The predicted octanol–water partition coefficient (Wildman–Crippen LogP) is 4.94. The SMILES string of the molecule is COc1ccc(Nc2cc(Nc3cccc(Cl)c3)nc(C)n2)c(OC)c1. The molecule has 3 aromatic rings. The number of rotatable bonds is 6. The number of nitrogens with zero attached hydrogens (tertiary/aromatic N) is 2. The van der Waals surface area contributed by atoms with Crippen LogP contribution in [0.2, 0.25) is 5.02 Å². The first-order chi connectivity index (χ1) is 12.6. The van der Waals surface area contributed by atoms with E-state index in [4.69, 9.17) is 21.1 Å². The Morgan fingerprint density at radius 2 is 1.65 bits per heavy atom. The molecule has 0 aliphatic carbocycles. The molecular formula is C19H19ClN4O2. The molecule has 0 amide bonds. The zero-order valence-electron chi connectivity index (χ0n) is 14.7. The summed E-state index contributed by atoms with van der Waals surface area (Å²) < 4.78 is 10.6. The van der Waals surface area contributed by atoms with Crippen LogP contribution in [-0.2, 0) is 0 Å². The molecule has 3 rings (SSSR count). The van der Waals surface area contributed by atoms with Crippen LogP contribution in [0.1, 0.15) is 5.82 Å². The molecule has 0 bridgehead atoms. The van der Waals surface area contributed by atoms with Gasteiger partial charge in [-0.2, -0.15) is 0 Å². The van der Waals surface area contributed by atoms with E-state index < -0.39 is 0 Å². The second-order valence-corrected chi connectivity index (χ2v) is 5.95. The van der Waals surface area contributed by atoms with E-state index in [1.807, 2.05) is 55.5 Å². The van der Waals surface area contributed by atoms with Gasteiger partial charge in [-0.3, -0.25) is 0 Å². The van der Waals surface area contributed by atoms with E-state index in [1.165, 1.54) is 0 Å². The standard InChI is InChI=1S/C19H19ClN4O2/c1-12-21-18(23-14-6-4-5-13(20)9-14)11-19(22-12)24-16-8-7-15(25-2)10-17(16)26-3/h4-11H,1-3H3,(H2,21,22,23,24). The summed E-state index contributed by atoms with van der Waals surface area (Å²) in [6, 6.07) is 14.8. The van der Waals surface area contributed by atoms with Crippen LogP contribution in [0.25, 0.3) is 0 Å². The van der Waals surface area contributed by atoms with Crippen molar-refractivity contribution in [1.82, 2.24) is 9.97 Å². The minimum absolute atomic E-state index is 0.631. The van der Waals surface area contributed by atoms with E-state index in [2.05, 4.69) is 20.6 Å². The van der Waals surface area contributed by atoms with Crippen molar-refractivity contribution in [2.45, 2.75) is 6.92 Å². The van der Waals surface area contributed by atoms with Crippen LogP contribution >= 0.6 is 11.6 Å². The Bertz CT molecular complexity index is 918. The molecule has 0 saturated carbocycles. The number of hydrogen-bond donors (Lipinski definition) is 2. The zero-order chi connectivity index (χ0) is 18.5. The average molecular weight is 371 g/mol. The molecule has 0 atom stereocenters. The van der Waals surface area contributed by atoms with Crippen molar-refractivity contribution in [3.05, 3.63) is 59.4 Å². The molecule has 2 N–H and O–H groups in total. The molecule has 2 aromatic carbocycles. The Labute approximate surface area is 157 Å². The fourth-order valence-electron chi connectivity index (χ4n) is 2.45. The minimum Gasteiger partial charge on any atom is -0.497 e. The van der Waals surface area contributed by atoms with E-state index in [9.17, 15) is 0 Å². The van der Waals surface area contributed by atoms with Crippen molar-refractivity contribution >= 4 is 34.6 Å². The van der Waals surface area contributed by atoms with E-state index in [0.29, 0.717) is 28.2 Å². The average Bonchev–Trinajstić information content (AvgIpc) is 2.61. The normalized spacial score (nSPS) is 10.3. The maximum Gasteiger partial charge on any atom is 0.146 e. The lowest BCUT2D eigenvalue weighted by Crippen LogP contribution is -2.02. The first-order valence-corrected chi connectivity index (χ1v) is 8.32. The van der Waals surface area contributed by atoms with E-state index in [-0.39, 0.29) is 0 Å². The molecule has 0 aliphatic rings. The lowest BCUT2D eigenvalue weighted by Gasteiger charge is -2.13. The fourth-order valence-corrected chi connectivity index (χ4v) is 2.64. The minimum atomic E-state index is 0.631. The van der Waals surface area contributed by atoms with Gasteiger partial charge in [0.25, 0.3) is 0 Å². The Morgan fingerprint density at radius 3 is 2.35 bits per heavy atom. The van der Waals surface area contributed by atoms with Gasteiger partial charge < -0.3 is 20.1 Å². The largest absolute Gasteiger partial charge is 0.497 e. The molecule has 6 nitrogen and oxygen atoms in total. The third-order valence-corrected chi connectivity index (χ3v) is 3.84. The number of aryl methyl sites for hydroxylation is 1. The molecule has 0 saturated heterocycles. The quantitative estimate of drug-likeness (QED) is 0.640. The Balaban J connectivity index is 1.86. The fraction of sp³-hybridized carbons (Fsp3) is 0.158. The predicted molar refractivity (Wildman–Crippen MR) is 104 cm³/mol. The Morgan fingerprint density at radius 1 is 0.885 bits per heavy atom. The van der Waals surface area contributed by atoms with Crippen LogP contribution < -0.4 is 20.1 Å². The van der Waals surface area contributed by atoms with E-state index in [1.54, 1.807) is 14.2 Å². The van der Waals surface area contributed by atoms with Crippen LogP contribution in [0, 0.1) is 6.92 Å². The molecule has 0 radical (unpaired) electrons.